The predicted molar refractivity (Wildman–Crippen MR) is 77.4 cm³/mol. The first-order valence-electron chi connectivity index (χ1n) is 6.81. The topological polar surface area (TPSA) is 43.4 Å². The average Bonchev–Trinajstić information content (AvgIpc) is 2.36. The molecule has 0 atom stereocenters. The van der Waals surface area contributed by atoms with Gasteiger partial charge in [0.2, 0.25) is 5.88 Å². The minimum atomic E-state index is -0.0841. The van der Waals surface area contributed by atoms with E-state index in [1.165, 1.54) is 0 Å². The molecular formula is C15H26N2O2. The van der Waals surface area contributed by atoms with Crippen LogP contribution in [0, 0.1) is 0 Å². The Bertz CT molecular complexity index is 378. The zero-order valence-corrected chi connectivity index (χ0v) is 12.7. The van der Waals surface area contributed by atoms with Gasteiger partial charge in [0.25, 0.3) is 0 Å². The highest BCUT2D eigenvalue weighted by atomic mass is 16.5. The van der Waals surface area contributed by atoms with Crippen LogP contribution in [0.2, 0.25) is 0 Å². The van der Waals surface area contributed by atoms with Crippen LogP contribution in [0.25, 0.3) is 0 Å². The third kappa shape index (κ3) is 6.03. The quantitative estimate of drug-likeness (QED) is 0.735. The molecule has 0 spiro atoms. The van der Waals surface area contributed by atoms with Crippen molar-refractivity contribution in [2.45, 2.75) is 52.4 Å². The normalized spacial score (nSPS) is 11.9. The largest absolute Gasteiger partial charge is 0.475 e. The summed E-state index contributed by atoms with van der Waals surface area (Å²) in [4.78, 5) is 4.28. The molecule has 0 radical (unpaired) electrons. The van der Waals surface area contributed by atoms with E-state index in [1.807, 2.05) is 26.0 Å². The highest BCUT2D eigenvalue weighted by Gasteiger charge is 2.15. The standard InChI is InChI=1S/C15H26N2O2/c1-12(2)19-14-13(7-6-9-17-14)11-16-10-8-15(3,4)18-5/h6-7,9,12,16H,8,10-11H2,1-5H3. The van der Waals surface area contributed by atoms with Crippen molar-refractivity contribution in [1.82, 2.24) is 10.3 Å². The fourth-order valence-corrected chi connectivity index (χ4v) is 1.60. The number of methoxy groups -OCH3 is 1. The molecule has 4 nitrogen and oxygen atoms in total. The van der Waals surface area contributed by atoms with E-state index in [1.54, 1.807) is 13.3 Å². The number of hydrogen-bond donors (Lipinski definition) is 1. The van der Waals surface area contributed by atoms with Gasteiger partial charge >= 0.3 is 0 Å². The molecule has 0 fully saturated rings. The molecule has 0 saturated carbocycles. The number of nitrogens with zero attached hydrogens (tertiary/aromatic N) is 1. The summed E-state index contributed by atoms with van der Waals surface area (Å²) in [5.41, 5.74) is 1.01. The maximum Gasteiger partial charge on any atom is 0.218 e. The second-order valence-corrected chi connectivity index (χ2v) is 5.52. The summed E-state index contributed by atoms with van der Waals surface area (Å²) < 4.78 is 11.1. The smallest absolute Gasteiger partial charge is 0.218 e. The molecule has 0 unspecified atom stereocenters. The number of aromatic nitrogens is 1. The van der Waals surface area contributed by atoms with Crippen LogP contribution in [0.4, 0.5) is 0 Å². The van der Waals surface area contributed by atoms with E-state index < -0.39 is 0 Å². The Hall–Kier alpha value is -1.13. The molecule has 0 aromatic carbocycles. The zero-order chi connectivity index (χ0) is 14.3. The summed E-state index contributed by atoms with van der Waals surface area (Å²) in [6.07, 6.45) is 2.86. The third-order valence-electron chi connectivity index (χ3n) is 2.97. The molecule has 4 heteroatoms. The van der Waals surface area contributed by atoms with Crippen LogP contribution in [-0.4, -0.2) is 30.3 Å². The second-order valence-electron chi connectivity index (χ2n) is 5.52. The van der Waals surface area contributed by atoms with Crippen molar-refractivity contribution in [2.75, 3.05) is 13.7 Å². The summed E-state index contributed by atoms with van der Waals surface area (Å²) in [6, 6.07) is 3.97. The lowest BCUT2D eigenvalue weighted by Crippen LogP contribution is -2.28. The zero-order valence-electron chi connectivity index (χ0n) is 12.7. The number of nitrogens with one attached hydrogen (secondary N) is 1. The molecule has 0 amide bonds. The maximum absolute atomic E-state index is 5.69. The van der Waals surface area contributed by atoms with Gasteiger partial charge in [-0.05, 0) is 46.7 Å². The van der Waals surface area contributed by atoms with Gasteiger partial charge in [-0.25, -0.2) is 4.98 Å². The summed E-state index contributed by atoms with van der Waals surface area (Å²) in [5, 5.41) is 3.41. The minimum Gasteiger partial charge on any atom is -0.475 e. The van der Waals surface area contributed by atoms with Crippen LogP contribution in [0.1, 0.15) is 39.7 Å². The maximum atomic E-state index is 5.69. The number of pyridine rings is 1. The molecule has 0 bridgehead atoms. The summed E-state index contributed by atoms with van der Waals surface area (Å²) >= 11 is 0. The Kier molecular flexibility index (Phi) is 6.25. The van der Waals surface area contributed by atoms with E-state index >= 15 is 0 Å². The number of rotatable bonds is 8. The Morgan fingerprint density at radius 2 is 2.11 bits per heavy atom. The number of ether oxygens (including phenoxy) is 2. The molecule has 0 saturated heterocycles. The van der Waals surface area contributed by atoms with Crippen molar-refractivity contribution in [1.29, 1.82) is 0 Å². The lowest BCUT2D eigenvalue weighted by molar-refractivity contribution is 0.0158. The van der Waals surface area contributed by atoms with E-state index in [9.17, 15) is 0 Å². The molecule has 1 aromatic rings. The summed E-state index contributed by atoms with van der Waals surface area (Å²) in [7, 11) is 1.75. The molecule has 1 rings (SSSR count). The van der Waals surface area contributed by atoms with Crippen LogP contribution in [-0.2, 0) is 11.3 Å². The Labute approximate surface area is 116 Å². The third-order valence-corrected chi connectivity index (χ3v) is 2.97. The van der Waals surface area contributed by atoms with E-state index in [4.69, 9.17) is 9.47 Å². The molecule has 108 valence electrons. The lowest BCUT2D eigenvalue weighted by Gasteiger charge is -2.23. The monoisotopic (exact) mass is 266 g/mol. The van der Waals surface area contributed by atoms with Crippen LogP contribution in [0.3, 0.4) is 0 Å². The predicted octanol–water partition coefficient (Wildman–Crippen LogP) is 2.77. The minimum absolute atomic E-state index is 0.0841. The highest BCUT2D eigenvalue weighted by molar-refractivity contribution is 5.25. The first kappa shape index (κ1) is 15.9. The van der Waals surface area contributed by atoms with Crippen LogP contribution in [0.5, 0.6) is 5.88 Å². The molecule has 19 heavy (non-hydrogen) atoms. The molecule has 1 heterocycles. The molecule has 1 N–H and O–H groups in total. The highest BCUT2D eigenvalue weighted by Crippen LogP contribution is 2.16. The van der Waals surface area contributed by atoms with Gasteiger partial charge in [0.15, 0.2) is 0 Å². The fourth-order valence-electron chi connectivity index (χ4n) is 1.60. The van der Waals surface area contributed by atoms with Crippen molar-refractivity contribution < 1.29 is 9.47 Å². The summed E-state index contributed by atoms with van der Waals surface area (Å²) in [6.45, 7) is 9.85. The Balaban J connectivity index is 2.45. The van der Waals surface area contributed by atoms with Crippen LogP contribution in [0.15, 0.2) is 18.3 Å². The molecule has 0 aliphatic carbocycles. The van der Waals surface area contributed by atoms with Crippen LogP contribution < -0.4 is 10.1 Å². The van der Waals surface area contributed by atoms with Gasteiger partial charge in [-0.1, -0.05) is 6.07 Å². The first-order valence-corrected chi connectivity index (χ1v) is 6.81. The average molecular weight is 266 g/mol. The van der Waals surface area contributed by atoms with Gasteiger partial charge in [-0.3, -0.25) is 0 Å². The van der Waals surface area contributed by atoms with E-state index in [-0.39, 0.29) is 11.7 Å². The number of hydrogen-bond acceptors (Lipinski definition) is 4. The SMILES string of the molecule is COC(C)(C)CCNCc1cccnc1OC(C)C. The Morgan fingerprint density at radius 3 is 2.74 bits per heavy atom. The van der Waals surface area contributed by atoms with Crippen LogP contribution >= 0.6 is 0 Å². The molecule has 0 aliphatic rings. The van der Waals surface area contributed by atoms with Crippen molar-refractivity contribution in [2.24, 2.45) is 0 Å². The lowest BCUT2D eigenvalue weighted by atomic mass is 10.1. The second kappa shape index (κ2) is 7.46. The van der Waals surface area contributed by atoms with Crippen molar-refractivity contribution in [3.63, 3.8) is 0 Å². The van der Waals surface area contributed by atoms with Gasteiger partial charge in [0, 0.05) is 25.4 Å². The van der Waals surface area contributed by atoms with E-state index in [0.29, 0.717) is 0 Å². The van der Waals surface area contributed by atoms with E-state index in [2.05, 4.69) is 24.1 Å². The van der Waals surface area contributed by atoms with Crippen molar-refractivity contribution in [3.8, 4) is 5.88 Å². The van der Waals surface area contributed by atoms with Gasteiger partial charge in [0.05, 0.1) is 11.7 Å². The van der Waals surface area contributed by atoms with Gasteiger partial charge in [0.1, 0.15) is 0 Å². The van der Waals surface area contributed by atoms with Gasteiger partial charge in [-0.15, -0.1) is 0 Å². The van der Waals surface area contributed by atoms with Crippen molar-refractivity contribution in [3.05, 3.63) is 23.9 Å². The molecule has 1 aromatic heterocycles. The molecular weight excluding hydrogens is 240 g/mol. The van der Waals surface area contributed by atoms with Crippen molar-refractivity contribution >= 4 is 0 Å². The fraction of sp³-hybridized carbons (Fsp3) is 0.667. The van der Waals surface area contributed by atoms with E-state index in [0.717, 1.165) is 31.0 Å². The Morgan fingerprint density at radius 1 is 1.37 bits per heavy atom. The van der Waals surface area contributed by atoms with Gasteiger partial charge in [-0.2, -0.15) is 0 Å². The van der Waals surface area contributed by atoms with Gasteiger partial charge < -0.3 is 14.8 Å². The summed E-state index contributed by atoms with van der Waals surface area (Å²) in [5.74, 6) is 0.719. The first-order chi connectivity index (χ1) is 8.94. The molecule has 0 aliphatic heterocycles.